The summed E-state index contributed by atoms with van der Waals surface area (Å²) in [5, 5.41) is 11.8. The van der Waals surface area contributed by atoms with Crippen molar-refractivity contribution in [2.24, 2.45) is 5.92 Å². The van der Waals surface area contributed by atoms with Crippen molar-refractivity contribution >= 4 is 0 Å². The van der Waals surface area contributed by atoms with Gasteiger partial charge in [-0.05, 0) is 25.3 Å². The normalized spacial score (nSPS) is 33.2. The molecule has 0 aliphatic carbocycles. The predicted octanol–water partition coefficient (Wildman–Crippen LogP) is 1.29. The fraction of sp³-hybridized carbons (Fsp3) is 0.875. The first-order valence-electron chi connectivity index (χ1n) is 3.95. The average Bonchev–Trinajstić information content (AvgIpc) is 1.94. The van der Waals surface area contributed by atoms with Crippen molar-refractivity contribution in [2.45, 2.75) is 32.2 Å². The number of nitrogens with one attached hydrogen (secondary N) is 1. The van der Waals surface area contributed by atoms with Gasteiger partial charge in [0.1, 0.15) is 0 Å². The van der Waals surface area contributed by atoms with Crippen molar-refractivity contribution in [1.29, 1.82) is 5.26 Å². The third-order valence-electron chi connectivity index (χ3n) is 2.24. The summed E-state index contributed by atoms with van der Waals surface area (Å²) in [5.41, 5.74) is 0. The lowest BCUT2D eigenvalue weighted by Crippen LogP contribution is -2.39. The molecule has 0 unspecified atom stereocenters. The second kappa shape index (κ2) is 3.58. The Morgan fingerprint density at radius 1 is 1.70 bits per heavy atom. The van der Waals surface area contributed by atoms with E-state index in [1.807, 2.05) is 0 Å². The van der Waals surface area contributed by atoms with Gasteiger partial charge in [0.15, 0.2) is 0 Å². The van der Waals surface area contributed by atoms with Crippen LogP contribution in [0.1, 0.15) is 26.2 Å². The minimum Gasteiger partial charge on any atom is -0.313 e. The number of hydrogen-bond donors (Lipinski definition) is 1. The van der Waals surface area contributed by atoms with Gasteiger partial charge in [0.25, 0.3) is 0 Å². The molecule has 0 aromatic heterocycles. The monoisotopic (exact) mass is 138 g/mol. The van der Waals surface area contributed by atoms with E-state index in [1.54, 1.807) is 0 Å². The van der Waals surface area contributed by atoms with E-state index in [4.69, 9.17) is 5.26 Å². The molecule has 1 fully saturated rings. The van der Waals surface area contributed by atoms with Gasteiger partial charge in [-0.25, -0.2) is 0 Å². The molecule has 2 atom stereocenters. The maximum atomic E-state index is 8.45. The van der Waals surface area contributed by atoms with Crippen LogP contribution in [0.25, 0.3) is 0 Å². The second-order valence-electron chi connectivity index (χ2n) is 3.04. The van der Waals surface area contributed by atoms with Gasteiger partial charge in [-0.1, -0.05) is 6.92 Å². The second-order valence-corrected chi connectivity index (χ2v) is 3.04. The highest BCUT2D eigenvalue weighted by atomic mass is 14.9. The van der Waals surface area contributed by atoms with E-state index in [0.717, 1.165) is 6.54 Å². The number of nitrogens with zero attached hydrogens (tertiary/aromatic N) is 1. The average molecular weight is 138 g/mol. The number of nitriles is 1. The Balaban J connectivity index is 2.34. The van der Waals surface area contributed by atoms with Crippen LogP contribution in [0, 0.1) is 17.2 Å². The smallest absolute Gasteiger partial charge is 0.0638 e. The summed E-state index contributed by atoms with van der Waals surface area (Å²) in [7, 11) is 0. The maximum Gasteiger partial charge on any atom is 0.0638 e. The van der Waals surface area contributed by atoms with Crippen LogP contribution in [0.5, 0.6) is 0 Å². The summed E-state index contributed by atoms with van der Waals surface area (Å²) in [6, 6.07) is 2.66. The molecule has 1 heterocycles. The van der Waals surface area contributed by atoms with Crippen LogP contribution in [-0.2, 0) is 0 Å². The Hall–Kier alpha value is -0.550. The first-order valence-corrected chi connectivity index (χ1v) is 3.95. The zero-order valence-electron chi connectivity index (χ0n) is 6.43. The van der Waals surface area contributed by atoms with Crippen LogP contribution < -0.4 is 5.32 Å². The van der Waals surface area contributed by atoms with Crippen molar-refractivity contribution in [1.82, 2.24) is 5.32 Å². The lowest BCUT2D eigenvalue weighted by atomic mass is 9.91. The van der Waals surface area contributed by atoms with Crippen molar-refractivity contribution in [3.8, 4) is 6.07 Å². The molecular formula is C8H14N2. The molecule has 2 nitrogen and oxygen atoms in total. The highest BCUT2D eigenvalue weighted by Crippen LogP contribution is 2.16. The molecular weight excluding hydrogens is 124 g/mol. The molecule has 1 rings (SSSR count). The molecule has 0 amide bonds. The first kappa shape index (κ1) is 7.56. The van der Waals surface area contributed by atoms with Crippen molar-refractivity contribution in [3.05, 3.63) is 0 Å². The van der Waals surface area contributed by atoms with Crippen LogP contribution in [0.3, 0.4) is 0 Å². The standard InChI is InChI=1S/C8H14N2/c1-7-3-2-6-10-8(7)4-5-9/h7-8,10H,2-4,6H2,1H3/t7-,8+/m1/s1. The molecule has 0 aromatic carbocycles. The van der Waals surface area contributed by atoms with Gasteiger partial charge in [-0.15, -0.1) is 0 Å². The van der Waals surface area contributed by atoms with Crippen LogP contribution >= 0.6 is 0 Å². The molecule has 0 spiro atoms. The lowest BCUT2D eigenvalue weighted by Gasteiger charge is -2.27. The summed E-state index contributed by atoms with van der Waals surface area (Å²) in [6.07, 6.45) is 3.21. The van der Waals surface area contributed by atoms with E-state index < -0.39 is 0 Å². The fourth-order valence-corrected chi connectivity index (χ4v) is 1.49. The Kier molecular flexibility index (Phi) is 2.70. The van der Waals surface area contributed by atoms with Crippen LogP contribution in [0.4, 0.5) is 0 Å². The van der Waals surface area contributed by atoms with E-state index in [-0.39, 0.29) is 0 Å². The largest absolute Gasteiger partial charge is 0.313 e. The quantitative estimate of drug-likeness (QED) is 0.592. The highest BCUT2D eigenvalue weighted by Gasteiger charge is 2.19. The predicted molar refractivity (Wildman–Crippen MR) is 40.4 cm³/mol. The van der Waals surface area contributed by atoms with E-state index in [0.29, 0.717) is 18.4 Å². The van der Waals surface area contributed by atoms with Crippen molar-refractivity contribution in [3.63, 3.8) is 0 Å². The maximum absolute atomic E-state index is 8.45. The summed E-state index contributed by atoms with van der Waals surface area (Å²) < 4.78 is 0. The molecule has 0 radical (unpaired) electrons. The van der Waals surface area contributed by atoms with E-state index in [9.17, 15) is 0 Å². The number of piperidine rings is 1. The van der Waals surface area contributed by atoms with Gasteiger partial charge in [0, 0.05) is 6.04 Å². The van der Waals surface area contributed by atoms with E-state index in [2.05, 4.69) is 18.3 Å². The molecule has 1 saturated heterocycles. The molecule has 1 aliphatic heterocycles. The molecule has 0 aromatic rings. The molecule has 1 aliphatic rings. The molecule has 10 heavy (non-hydrogen) atoms. The first-order chi connectivity index (χ1) is 4.84. The molecule has 0 saturated carbocycles. The SMILES string of the molecule is C[C@@H]1CCCN[C@H]1CC#N. The van der Waals surface area contributed by atoms with Crippen LogP contribution in [-0.4, -0.2) is 12.6 Å². The van der Waals surface area contributed by atoms with Crippen LogP contribution in [0.15, 0.2) is 0 Å². The van der Waals surface area contributed by atoms with Gasteiger partial charge in [0.2, 0.25) is 0 Å². The Labute approximate surface area is 62.2 Å². The lowest BCUT2D eigenvalue weighted by molar-refractivity contribution is 0.303. The number of hydrogen-bond acceptors (Lipinski definition) is 2. The Morgan fingerprint density at radius 2 is 2.50 bits per heavy atom. The summed E-state index contributed by atoms with van der Waals surface area (Å²) in [6.45, 7) is 3.31. The molecule has 56 valence electrons. The zero-order valence-corrected chi connectivity index (χ0v) is 6.43. The third-order valence-corrected chi connectivity index (χ3v) is 2.24. The van der Waals surface area contributed by atoms with E-state index in [1.165, 1.54) is 12.8 Å². The Morgan fingerprint density at radius 3 is 3.10 bits per heavy atom. The summed E-state index contributed by atoms with van der Waals surface area (Å²) >= 11 is 0. The van der Waals surface area contributed by atoms with Gasteiger partial charge < -0.3 is 5.32 Å². The van der Waals surface area contributed by atoms with Crippen LogP contribution in [0.2, 0.25) is 0 Å². The Bertz CT molecular complexity index is 137. The van der Waals surface area contributed by atoms with Gasteiger partial charge in [0.05, 0.1) is 12.5 Å². The topological polar surface area (TPSA) is 35.8 Å². The van der Waals surface area contributed by atoms with Gasteiger partial charge in [-0.3, -0.25) is 0 Å². The highest BCUT2D eigenvalue weighted by molar-refractivity contribution is 4.86. The van der Waals surface area contributed by atoms with Crippen molar-refractivity contribution in [2.75, 3.05) is 6.54 Å². The van der Waals surface area contributed by atoms with Gasteiger partial charge >= 0.3 is 0 Å². The molecule has 2 heteroatoms. The van der Waals surface area contributed by atoms with E-state index >= 15 is 0 Å². The van der Waals surface area contributed by atoms with Crippen molar-refractivity contribution < 1.29 is 0 Å². The minimum absolute atomic E-state index is 0.457. The summed E-state index contributed by atoms with van der Waals surface area (Å²) in [4.78, 5) is 0. The minimum atomic E-state index is 0.457. The third kappa shape index (κ3) is 1.71. The summed E-state index contributed by atoms with van der Waals surface area (Å²) in [5.74, 6) is 0.688. The number of rotatable bonds is 1. The molecule has 0 bridgehead atoms. The zero-order chi connectivity index (χ0) is 7.40. The molecule has 1 N–H and O–H groups in total. The fourth-order valence-electron chi connectivity index (χ4n) is 1.49. The van der Waals surface area contributed by atoms with Gasteiger partial charge in [-0.2, -0.15) is 5.26 Å².